The van der Waals surface area contributed by atoms with Crippen LogP contribution in [-0.2, 0) is 66.7 Å². The zero-order valence-electron chi connectivity index (χ0n) is 41.9. The quantitative estimate of drug-likeness (QED) is 0.120. The number of hydrogen-bond acceptors (Lipinski definition) is 15. The van der Waals surface area contributed by atoms with Crippen LogP contribution in [0.25, 0.3) is 0 Å². The molecule has 15 nitrogen and oxygen atoms in total. The molecule has 0 aromatic carbocycles. The fourth-order valence-corrected chi connectivity index (χ4v) is 15.3. The first-order chi connectivity index (χ1) is 28.6. The lowest BCUT2D eigenvalue weighted by atomic mass is 9.92. The SMILES string of the molecule is O=S=O.[3H]CC1(C)OC(C)C(C)C1OP(=C)(C)OCC1(C)OC(C)C(C)C1OP(=C)(C)OCC1(C)OC(C)C(C)C1OP(C)(=NC)OCC1OC(C)CC1OP(=C)(C)OC(C)(C)C. The second-order valence-corrected chi connectivity index (χ2v) is 30.1. The van der Waals surface area contributed by atoms with Crippen LogP contribution in [-0.4, -0.2) is 158 Å². The molecule has 4 aliphatic heterocycles. The molecule has 4 fully saturated rings. The largest absolute Gasteiger partial charge is 0.370 e. The monoisotopic (exact) mass is 983 g/mol. The lowest BCUT2D eigenvalue weighted by Crippen LogP contribution is -2.45. The second kappa shape index (κ2) is 21.4. The molecule has 0 aromatic rings. The maximum atomic E-state index is 8.29. The van der Waals surface area contributed by atoms with Crippen molar-refractivity contribution in [3.8, 4) is 0 Å². The van der Waals surface area contributed by atoms with E-state index in [9.17, 15) is 0 Å². The molecule has 4 saturated heterocycles. The van der Waals surface area contributed by atoms with Crippen molar-refractivity contribution in [3.05, 3.63) is 0 Å². The molecule has 4 aliphatic rings. The van der Waals surface area contributed by atoms with Crippen molar-refractivity contribution >= 4 is 60.0 Å². The zero-order valence-corrected chi connectivity index (χ0v) is 45.3. The minimum absolute atomic E-state index is 0.00238. The van der Waals surface area contributed by atoms with Crippen LogP contribution in [0.15, 0.2) is 4.74 Å². The van der Waals surface area contributed by atoms with Gasteiger partial charge in [0, 0.05) is 59.3 Å². The van der Waals surface area contributed by atoms with E-state index in [4.69, 9.17) is 64.9 Å². The summed E-state index contributed by atoms with van der Waals surface area (Å²) in [6.07, 6.45) is 11.9. The van der Waals surface area contributed by atoms with Gasteiger partial charge in [0.2, 0.25) is 7.51 Å². The molecule has 19 atom stereocenters. The maximum absolute atomic E-state index is 8.29. The van der Waals surface area contributed by atoms with E-state index in [1.54, 1.807) is 7.05 Å². The summed E-state index contributed by atoms with van der Waals surface area (Å²) in [6, 6.07) is 0. The lowest BCUT2D eigenvalue weighted by molar-refractivity contribution is -0.0950. The number of rotatable bonds is 18. The second-order valence-electron chi connectivity index (χ2n) is 20.1. The van der Waals surface area contributed by atoms with Gasteiger partial charge in [0.1, 0.15) is 51.5 Å². The van der Waals surface area contributed by atoms with Gasteiger partial charge in [-0.2, -0.15) is 8.42 Å². The fraction of sp³-hybridized carbons (Fsp3) is 0.929. The third kappa shape index (κ3) is 15.2. The smallest absolute Gasteiger partial charge is 0.335 e. The Bertz CT molecular complexity index is 1780. The van der Waals surface area contributed by atoms with E-state index >= 15 is 0 Å². The fourth-order valence-electron chi connectivity index (χ4n) is 8.75. The normalized spacial score (nSPS) is 42.8. The third-order valence-corrected chi connectivity index (χ3v) is 18.4. The first-order valence-electron chi connectivity index (χ1n) is 22.2. The van der Waals surface area contributed by atoms with Crippen LogP contribution in [0.1, 0.15) is 105 Å². The predicted molar refractivity (Wildman–Crippen MR) is 257 cm³/mol. The third-order valence-electron chi connectivity index (χ3n) is 12.1. The van der Waals surface area contributed by atoms with Crippen LogP contribution in [0.5, 0.6) is 0 Å². The van der Waals surface area contributed by atoms with E-state index in [2.05, 4.69) is 51.3 Å². The molecule has 0 aromatic heterocycles. The van der Waals surface area contributed by atoms with Gasteiger partial charge in [-0.25, -0.2) is 0 Å². The van der Waals surface area contributed by atoms with Crippen molar-refractivity contribution in [1.29, 1.82) is 0 Å². The molecule has 4 heterocycles. The molecule has 4 rings (SSSR count). The first kappa shape index (κ1) is 55.1. The summed E-state index contributed by atoms with van der Waals surface area (Å²) < 4.78 is 108. The van der Waals surface area contributed by atoms with Crippen LogP contribution < -0.4 is 0 Å². The highest BCUT2D eigenvalue weighted by Crippen LogP contribution is 2.58. The minimum atomic E-state index is -2.78. The molecule has 62 heavy (non-hydrogen) atoms. The van der Waals surface area contributed by atoms with Crippen molar-refractivity contribution in [2.75, 3.05) is 53.5 Å². The van der Waals surface area contributed by atoms with Crippen LogP contribution in [0.4, 0.5) is 0 Å². The molecule has 0 amide bonds. The van der Waals surface area contributed by atoms with Crippen LogP contribution in [0.3, 0.4) is 0 Å². The lowest BCUT2D eigenvalue weighted by Gasteiger charge is -2.39. The Morgan fingerprint density at radius 2 is 1.15 bits per heavy atom. The average molecular weight is 984 g/mol. The minimum Gasteiger partial charge on any atom is -0.370 e. The summed E-state index contributed by atoms with van der Waals surface area (Å²) in [6.45, 7) is 34.8. The van der Waals surface area contributed by atoms with E-state index in [-0.39, 0.29) is 92.8 Å². The summed E-state index contributed by atoms with van der Waals surface area (Å²) >= 11 is -0.750. The van der Waals surface area contributed by atoms with E-state index in [1.807, 2.05) is 89.0 Å². The Morgan fingerprint density at radius 3 is 1.60 bits per heavy atom. The molecule has 0 radical (unpaired) electrons. The topological polar surface area (TPSA) is 157 Å². The molecule has 0 saturated carbocycles. The van der Waals surface area contributed by atoms with Gasteiger partial charge < -0.3 is 55.1 Å². The summed E-state index contributed by atoms with van der Waals surface area (Å²) in [5.41, 5.74) is -2.81. The highest BCUT2D eigenvalue weighted by Gasteiger charge is 2.55. The van der Waals surface area contributed by atoms with Gasteiger partial charge in [-0.1, -0.05) is 39.7 Å². The van der Waals surface area contributed by atoms with E-state index in [0.29, 0.717) is 6.42 Å². The zero-order chi connectivity index (χ0) is 48.4. The van der Waals surface area contributed by atoms with Crippen molar-refractivity contribution < 1.29 is 64.9 Å². The molecule has 366 valence electrons. The predicted octanol–water partition coefficient (Wildman–Crippen LogP) is 9.38. The number of ether oxygens (including phenoxy) is 4. The molecule has 0 bridgehead atoms. The maximum Gasteiger partial charge on any atom is 0.335 e. The highest BCUT2D eigenvalue weighted by molar-refractivity contribution is 7.64. The van der Waals surface area contributed by atoms with E-state index in [1.165, 1.54) is 0 Å². The Balaban J connectivity index is 0.00000342. The first-order valence-corrected chi connectivity index (χ1v) is 31.0. The van der Waals surface area contributed by atoms with Crippen molar-refractivity contribution in [1.82, 2.24) is 0 Å². The molecular formula is C42H83NO14P4S. The van der Waals surface area contributed by atoms with Crippen LogP contribution >= 0.6 is 29.5 Å². The molecule has 0 aliphatic carbocycles. The van der Waals surface area contributed by atoms with Crippen LogP contribution in [0.2, 0.25) is 0 Å². The summed E-state index contributed by atoms with van der Waals surface area (Å²) in [7, 11) is -8.78. The van der Waals surface area contributed by atoms with E-state index < -0.39 is 70.1 Å². The Hall–Kier alpha value is 0.470. The Morgan fingerprint density at radius 1 is 0.710 bits per heavy atom. The number of nitrogens with zero attached hydrogens (tertiary/aromatic N) is 1. The molecule has 20 heteroatoms. The molecule has 19 unspecified atom stereocenters. The molecule has 0 spiro atoms. The van der Waals surface area contributed by atoms with Gasteiger partial charge in [-0.3, -0.25) is 4.74 Å². The van der Waals surface area contributed by atoms with Crippen molar-refractivity contribution in [2.45, 2.75) is 181 Å². The summed E-state index contributed by atoms with van der Waals surface area (Å²) in [4.78, 5) is 0. The Labute approximate surface area is 380 Å². The average Bonchev–Trinajstić information content (AvgIpc) is 3.75. The Kier molecular flexibility index (Phi) is 19.0. The van der Waals surface area contributed by atoms with Gasteiger partial charge in [-0.15, -0.1) is 0 Å². The summed E-state index contributed by atoms with van der Waals surface area (Å²) in [5.74, 6) is 0.116. The van der Waals surface area contributed by atoms with Crippen LogP contribution in [0, 0.1) is 17.8 Å². The molecule has 0 N–H and O–H groups in total. The summed E-state index contributed by atoms with van der Waals surface area (Å²) in [5, 5.41) is 0. The number of hydrogen-bond donors (Lipinski definition) is 0. The molecular weight excluding hydrogens is 898 g/mol. The van der Waals surface area contributed by atoms with Gasteiger partial charge in [-0.05, 0) is 76.1 Å². The van der Waals surface area contributed by atoms with Crippen molar-refractivity contribution in [2.24, 2.45) is 22.5 Å². The van der Waals surface area contributed by atoms with Crippen molar-refractivity contribution in [3.63, 3.8) is 0 Å². The van der Waals surface area contributed by atoms with E-state index in [0.717, 1.165) is 0 Å². The highest BCUT2D eigenvalue weighted by atomic mass is 32.1. The van der Waals surface area contributed by atoms with Gasteiger partial charge in [0.05, 0.1) is 67.6 Å². The van der Waals surface area contributed by atoms with Gasteiger partial charge in [0.15, 0.2) is 0 Å². The van der Waals surface area contributed by atoms with Gasteiger partial charge >= 0.3 is 11.6 Å². The van der Waals surface area contributed by atoms with Gasteiger partial charge in [0.25, 0.3) is 0 Å². The standard InChI is InChI=1S/C42H83NO12P4.O2S/c1-27-23-34(51-58(20,21)55-39(8,9)10)35(47-27)24-44-59(22,43-15)54-38-30(4)33(7)50-42(38,14)26-46-57(18,19)53-37-29(3)32(6)49-41(37,13)25-45-56(16,17)52-36-28(2)31(5)48-40(36,11)12;1-3-2/h27-38H,16,18,20,23-26H2,1-15,17,19,21-22H3;/i11T;.